The number of hydrogen-bond acceptors (Lipinski definition) is 3. The van der Waals surface area contributed by atoms with Crippen LogP contribution in [0.4, 0.5) is 0 Å². The summed E-state index contributed by atoms with van der Waals surface area (Å²) in [6.07, 6.45) is 5.49. The summed E-state index contributed by atoms with van der Waals surface area (Å²) >= 11 is 0. The second-order valence-electron chi connectivity index (χ2n) is 5.94. The van der Waals surface area contributed by atoms with Crippen LogP contribution in [0.25, 0.3) is 0 Å². The fourth-order valence-corrected chi connectivity index (χ4v) is 2.87. The Morgan fingerprint density at radius 2 is 1.94 bits per heavy atom. The van der Waals surface area contributed by atoms with Crippen molar-refractivity contribution in [3.63, 3.8) is 0 Å². The van der Waals surface area contributed by atoms with Gasteiger partial charge in [0.2, 0.25) is 0 Å². The zero-order chi connectivity index (χ0) is 13.4. The SMILES string of the molecule is CCCC1CCN(C(CNC(C)C)COC)CC1. The molecule has 1 unspecified atom stereocenters. The molecule has 1 N–H and O–H groups in total. The predicted octanol–water partition coefficient (Wildman–Crippen LogP) is 2.51. The molecule has 1 fully saturated rings. The number of nitrogens with one attached hydrogen (secondary N) is 1. The van der Waals surface area contributed by atoms with E-state index in [2.05, 4.69) is 31.0 Å². The normalized spacial score (nSPS) is 20.5. The van der Waals surface area contributed by atoms with Crippen molar-refractivity contribution in [2.75, 3.05) is 33.4 Å². The number of hydrogen-bond donors (Lipinski definition) is 1. The zero-order valence-corrected chi connectivity index (χ0v) is 12.7. The molecule has 18 heavy (non-hydrogen) atoms. The molecule has 0 aromatic rings. The fourth-order valence-electron chi connectivity index (χ4n) is 2.87. The summed E-state index contributed by atoms with van der Waals surface area (Å²) in [5.41, 5.74) is 0. The molecule has 3 heteroatoms. The molecule has 0 aliphatic carbocycles. The lowest BCUT2D eigenvalue weighted by Gasteiger charge is -2.37. The Morgan fingerprint density at radius 3 is 2.44 bits per heavy atom. The Bertz CT molecular complexity index is 201. The van der Waals surface area contributed by atoms with Crippen molar-refractivity contribution in [3.8, 4) is 0 Å². The first kappa shape index (κ1) is 15.9. The van der Waals surface area contributed by atoms with E-state index in [1.165, 1.54) is 38.8 Å². The van der Waals surface area contributed by atoms with Crippen LogP contribution in [0.5, 0.6) is 0 Å². The molecule has 1 aliphatic heterocycles. The minimum Gasteiger partial charge on any atom is -0.383 e. The number of likely N-dealkylation sites (tertiary alicyclic amines) is 1. The molecule has 0 bridgehead atoms. The van der Waals surface area contributed by atoms with Gasteiger partial charge in [0.05, 0.1) is 6.61 Å². The predicted molar refractivity (Wildman–Crippen MR) is 78.0 cm³/mol. The Labute approximate surface area is 113 Å². The number of methoxy groups -OCH3 is 1. The van der Waals surface area contributed by atoms with Crippen LogP contribution in [0.1, 0.15) is 46.5 Å². The summed E-state index contributed by atoms with van der Waals surface area (Å²) < 4.78 is 5.38. The van der Waals surface area contributed by atoms with E-state index in [-0.39, 0.29) is 0 Å². The number of piperidine rings is 1. The van der Waals surface area contributed by atoms with Crippen molar-refractivity contribution < 1.29 is 4.74 Å². The number of ether oxygens (including phenoxy) is 1. The van der Waals surface area contributed by atoms with Crippen LogP contribution >= 0.6 is 0 Å². The van der Waals surface area contributed by atoms with Crippen molar-refractivity contribution in [3.05, 3.63) is 0 Å². The van der Waals surface area contributed by atoms with Gasteiger partial charge in [0.25, 0.3) is 0 Å². The average Bonchev–Trinajstić information content (AvgIpc) is 2.36. The maximum absolute atomic E-state index is 5.38. The van der Waals surface area contributed by atoms with E-state index < -0.39 is 0 Å². The highest BCUT2D eigenvalue weighted by Crippen LogP contribution is 2.22. The first-order valence-electron chi connectivity index (χ1n) is 7.63. The van der Waals surface area contributed by atoms with Crippen molar-refractivity contribution in [1.82, 2.24) is 10.2 Å². The van der Waals surface area contributed by atoms with Gasteiger partial charge in [-0.2, -0.15) is 0 Å². The van der Waals surface area contributed by atoms with Gasteiger partial charge in [-0.05, 0) is 31.8 Å². The monoisotopic (exact) mass is 256 g/mol. The van der Waals surface area contributed by atoms with Gasteiger partial charge in [0.15, 0.2) is 0 Å². The summed E-state index contributed by atoms with van der Waals surface area (Å²) in [7, 11) is 1.81. The van der Waals surface area contributed by atoms with E-state index in [1.807, 2.05) is 7.11 Å². The zero-order valence-electron chi connectivity index (χ0n) is 12.7. The quantitative estimate of drug-likeness (QED) is 0.722. The van der Waals surface area contributed by atoms with E-state index in [0.29, 0.717) is 12.1 Å². The van der Waals surface area contributed by atoms with Crippen LogP contribution in [-0.4, -0.2) is 50.3 Å². The van der Waals surface area contributed by atoms with Crippen molar-refractivity contribution in [2.45, 2.75) is 58.5 Å². The van der Waals surface area contributed by atoms with Crippen LogP contribution in [0.2, 0.25) is 0 Å². The van der Waals surface area contributed by atoms with Gasteiger partial charge in [0, 0.05) is 25.7 Å². The molecule has 1 atom stereocenters. The van der Waals surface area contributed by atoms with E-state index in [0.717, 1.165) is 19.1 Å². The van der Waals surface area contributed by atoms with E-state index in [1.54, 1.807) is 0 Å². The molecule has 3 nitrogen and oxygen atoms in total. The molecule has 0 saturated carbocycles. The average molecular weight is 256 g/mol. The maximum Gasteiger partial charge on any atom is 0.0630 e. The molecule has 1 saturated heterocycles. The lowest BCUT2D eigenvalue weighted by Crippen LogP contribution is -2.49. The lowest BCUT2D eigenvalue weighted by molar-refractivity contribution is 0.0622. The topological polar surface area (TPSA) is 24.5 Å². The highest BCUT2D eigenvalue weighted by molar-refractivity contribution is 4.80. The molecule has 0 aromatic heterocycles. The van der Waals surface area contributed by atoms with Crippen LogP contribution in [0.3, 0.4) is 0 Å². The van der Waals surface area contributed by atoms with Gasteiger partial charge < -0.3 is 10.1 Å². The second kappa shape index (κ2) is 8.89. The molecular weight excluding hydrogens is 224 g/mol. The second-order valence-corrected chi connectivity index (χ2v) is 5.94. The maximum atomic E-state index is 5.38. The molecule has 0 radical (unpaired) electrons. The summed E-state index contributed by atoms with van der Waals surface area (Å²) in [6, 6.07) is 1.10. The molecule has 1 aliphatic rings. The third kappa shape index (κ3) is 5.68. The third-order valence-corrected chi connectivity index (χ3v) is 3.98. The molecular formula is C15H32N2O. The van der Waals surface area contributed by atoms with Gasteiger partial charge in [0.1, 0.15) is 0 Å². The largest absolute Gasteiger partial charge is 0.383 e. The molecule has 1 rings (SSSR count). The third-order valence-electron chi connectivity index (χ3n) is 3.98. The summed E-state index contributed by atoms with van der Waals surface area (Å²) in [4.78, 5) is 2.62. The van der Waals surface area contributed by atoms with E-state index in [4.69, 9.17) is 4.74 Å². The van der Waals surface area contributed by atoms with Gasteiger partial charge in [-0.3, -0.25) is 4.90 Å². The smallest absolute Gasteiger partial charge is 0.0630 e. The molecule has 108 valence electrons. The number of rotatable bonds is 8. The Kier molecular flexibility index (Phi) is 7.87. The Morgan fingerprint density at radius 1 is 1.28 bits per heavy atom. The Hall–Kier alpha value is -0.120. The van der Waals surface area contributed by atoms with E-state index in [9.17, 15) is 0 Å². The summed E-state index contributed by atoms with van der Waals surface area (Å²) in [6.45, 7) is 11.1. The van der Waals surface area contributed by atoms with Crippen molar-refractivity contribution in [2.24, 2.45) is 5.92 Å². The van der Waals surface area contributed by atoms with Gasteiger partial charge in [-0.25, -0.2) is 0 Å². The first-order chi connectivity index (χ1) is 8.67. The summed E-state index contributed by atoms with van der Waals surface area (Å²) in [5, 5.41) is 3.54. The van der Waals surface area contributed by atoms with E-state index >= 15 is 0 Å². The fraction of sp³-hybridized carbons (Fsp3) is 1.00. The minimum atomic E-state index is 0.542. The van der Waals surface area contributed by atoms with Crippen molar-refractivity contribution >= 4 is 0 Å². The Balaban J connectivity index is 2.34. The molecule has 1 heterocycles. The molecule has 0 spiro atoms. The first-order valence-corrected chi connectivity index (χ1v) is 7.63. The van der Waals surface area contributed by atoms with Gasteiger partial charge in [-0.15, -0.1) is 0 Å². The lowest BCUT2D eigenvalue weighted by atomic mass is 9.92. The van der Waals surface area contributed by atoms with Crippen LogP contribution in [0.15, 0.2) is 0 Å². The van der Waals surface area contributed by atoms with Gasteiger partial charge in [-0.1, -0.05) is 33.6 Å². The van der Waals surface area contributed by atoms with Crippen LogP contribution in [0, 0.1) is 5.92 Å². The highest BCUT2D eigenvalue weighted by atomic mass is 16.5. The van der Waals surface area contributed by atoms with Crippen LogP contribution < -0.4 is 5.32 Å². The molecule has 0 aromatic carbocycles. The van der Waals surface area contributed by atoms with Gasteiger partial charge >= 0.3 is 0 Å². The molecule has 0 amide bonds. The number of nitrogens with zero attached hydrogens (tertiary/aromatic N) is 1. The highest BCUT2D eigenvalue weighted by Gasteiger charge is 2.24. The summed E-state index contributed by atoms with van der Waals surface area (Å²) in [5.74, 6) is 0.965. The van der Waals surface area contributed by atoms with Crippen molar-refractivity contribution in [1.29, 1.82) is 0 Å². The standard InChI is InChI=1S/C15H32N2O/c1-5-6-14-7-9-17(10-8-14)15(12-18-4)11-16-13(2)3/h13-16H,5-12H2,1-4H3. The minimum absolute atomic E-state index is 0.542. The van der Waals surface area contributed by atoms with Crippen LogP contribution in [-0.2, 0) is 4.74 Å².